The molecule has 0 spiro atoms. The van der Waals surface area contributed by atoms with Crippen LogP contribution in [0.2, 0.25) is 5.02 Å². The smallest absolute Gasteiger partial charge is 0.256 e. The zero-order valence-electron chi connectivity index (χ0n) is 16.9. The third-order valence-corrected chi connectivity index (χ3v) is 8.17. The van der Waals surface area contributed by atoms with E-state index in [0.29, 0.717) is 22.8 Å². The molecule has 0 unspecified atom stereocenters. The van der Waals surface area contributed by atoms with E-state index in [-0.39, 0.29) is 23.5 Å². The molecule has 9 heteroatoms. The lowest BCUT2D eigenvalue weighted by atomic mass is 10.1. The molecule has 0 saturated carbocycles. The zero-order valence-corrected chi connectivity index (χ0v) is 19.3. The predicted octanol–water partition coefficient (Wildman–Crippen LogP) is 4.75. The van der Waals surface area contributed by atoms with E-state index in [0.717, 1.165) is 21.9 Å². The van der Waals surface area contributed by atoms with Crippen LogP contribution in [0.15, 0.2) is 59.5 Å². The van der Waals surface area contributed by atoms with Crippen LogP contribution in [0.4, 0.5) is 5.82 Å². The molecule has 6 nitrogen and oxygen atoms in total. The Kier molecular flexibility index (Phi) is 6.41. The van der Waals surface area contributed by atoms with Gasteiger partial charge in [0.15, 0.2) is 9.84 Å². The van der Waals surface area contributed by atoms with Gasteiger partial charge in [0, 0.05) is 27.3 Å². The quantitative estimate of drug-likeness (QED) is 0.520. The summed E-state index contributed by atoms with van der Waals surface area (Å²) in [6.45, 7) is 1.82. The Morgan fingerprint density at radius 1 is 1.19 bits per heavy atom. The summed E-state index contributed by atoms with van der Waals surface area (Å²) >= 11 is 7.61. The van der Waals surface area contributed by atoms with Crippen molar-refractivity contribution >= 4 is 44.9 Å². The number of benzene rings is 2. The fourth-order valence-electron chi connectivity index (χ4n) is 3.49. The number of sulfone groups is 1. The van der Waals surface area contributed by atoms with Gasteiger partial charge < -0.3 is 5.32 Å². The molecule has 1 saturated heterocycles. The number of halogens is 1. The lowest BCUT2D eigenvalue weighted by Gasteiger charge is -2.14. The highest BCUT2D eigenvalue weighted by atomic mass is 35.5. The first-order chi connectivity index (χ1) is 14.8. The standard InChI is InChI=1S/C22H22ClN3O3S2/c1-15-12-21(26(25-15)19-10-11-31(28,29)14-19)24-22(27)17-4-2-16(3-5-17)13-30-20-8-6-18(23)7-9-20/h2-9,12,19H,10-11,13-14H2,1H3,(H,24,27)/t19-/m1/s1. The average molecular weight is 476 g/mol. The van der Waals surface area contributed by atoms with E-state index in [4.69, 9.17) is 11.6 Å². The molecule has 1 N–H and O–H groups in total. The Hall–Kier alpha value is -2.29. The number of hydrogen-bond donors (Lipinski definition) is 1. The fourth-order valence-corrected chi connectivity index (χ4v) is 6.17. The van der Waals surface area contributed by atoms with Gasteiger partial charge in [-0.2, -0.15) is 5.10 Å². The first-order valence-electron chi connectivity index (χ1n) is 9.84. The van der Waals surface area contributed by atoms with Crippen molar-refractivity contribution in [2.75, 3.05) is 16.8 Å². The third-order valence-electron chi connectivity index (χ3n) is 5.09. The van der Waals surface area contributed by atoms with Gasteiger partial charge in [-0.25, -0.2) is 13.1 Å². The molecule has 0 radical (unpaired) electrons. The molecule has 4 rings (SSSR count). The van der Waals surface area contributed by atoms with Gasteiger partial charge >= 0.3 is 0 Å². The van der Waals surface area contributed by atoms with E-state index in [9.17, 15) is 13.2 Å². The van der Waals surface area contributed by atoms with Gasteiger partial charge in [-0.15, -0.1) is 11.8 Å². The number of amides is 1. The highest BCUT2D eigenvalue weighted by Gasteiger charge is 2.31. The zero-order chi connectivity index (χ0) is 22.0. The van der Waals surface area contributed by atoms with E-state index in [1.807, 2.05) is 43.3 Å². The summed E-state index contributed by atoms with van der Waals surface area (Å²) in [5, 5.41) is 8.00. The monoisotopic (exact) mass is 475 g/mol. The lowest BCUT2D eigenvalue weighted by Crippen LogP contribution is -2.19. The van der Waals surface area contributed by atoms with Gasteiger partial charge in [0.1, 0.15) is 5.82 Å². The van der Waals surface area contributed by atoms with Crippen LogP contribution >= 0.6 is 23.4 Å². The van der Waals surface area contributed by atoms with Gasteiger partial charge in [0.25, 0.3) is 5.91 Å². The largest absolute Gasteiger partial charge is 0.307 e. The molecule has 1 fully saturated rings. The Balaban J connectivity index is 1.41. The number of carbonyl (C=O) groups is 1. The van der Waals surface area contributed by atoms with E-state index in [2.05, 4.69) is 10.4 Å². The number of carbonyl (C=O) groups excluding carboxylic acids is 1. The topological polar surface area (TPSA) is 81.1 Å². The van der Waals surface area contributed by atoms with Crippen molar-refractivity contribution in [2.45, 2.75) is 30.0 Å². The van der Waals surface area contributed by atoms with Crippen molar-refractivity contribution < 1.29 is 13.2 Å². The first-order valence-corrected chi connectivity index (χ1v) is 13.0. The van der Waals surface area contributed by atoms with E-state index in [1.54, 1.807) is 34.6 Å². The maximum atomic E-state index is 12.8. The number of rotatable bonds is 6. The van der Waals surface area contributed by atoms with Crippen LogP contribution in [0.25, 0.3) is 0 Å². The molecule has 0 bridgehead atoms. The molecule has 2 aromatic carbocycles. The van der Waals surface area contributed by atoms with Crippen molar-refractivity contribution in [2.24, 2.45) is 0 Å². The van der Waals surface area contributed by atoms with Crippen molar-refractivity contribution in [1.82, 2.24) is 9.78 Å². The van der Waals surface area contributed by atoms with Crippen LogP contribution in [-0.2, 0) is 15.6 Å². The molecule has 1 aliphatic rings. The average Bonchev–Trinajstić information content (AvgIpc) is 3.29. The number of hydrogen-bond acceptors (Lipinski definition) is 5. The van der Waals surface area contributed by atoms with E-state index >= 15 is 0 Å². The lowest BCUT2D eigenvalue weighted by molar-refractivity contribution is 0.102. The maximum absolute atomic E-state index is 12.8. The van der Waals surface area contributed by atoms with Gasteiger partial charge in [-0.1, -0.05) is 23.7 Å². The second-order valence-electron chi connectivity index (χ2n) is 7.57. The fraction of sp³-hybridized carbons (Fsp3) is 0.273. The summed E-state index contributed by atoms with van der Waals surface area (Å²) in [4.78, 5) is 13.9. The second kappa shape index (κ2) is 9.06. The third kappa shape index (κ3) is 5.50. The first kappa shape index (κ1) is 21.9. The number of nitrogens with zero attached hydrogens (tertiary/aromatic N) is 2. The number of aryl methyl sites for hydroxylation is 1. The van der Waals surface area contributed by atoms with Gasteiger partial charge in [-0.05, 0) is 55.3 Å². The van der Waals surface area contributed by atoms with Crippen LogP contribution in [0, 0.1) is 6.92 Å². The number of nitrogens with one attached hydrogen (secondary N) is 1. The predicted molar refractivity (Wildman–Crippen MR) is 125 cm³/mol. The van der Waals surface area contributed by atoms with Crippen LogP contribution in [-0.4, -0.2) is 35.6 Å². The summed E-state index contributed by atoms with van der Waals surface area (Å²) in [6, 6.07) is 16.7. The van der Waals surface area contributed by atoms with Gasteiger partial charge in [0.2, 0.25) is 0 Å². The summed E-state index contributed by atoms with van der Waals surface area (Å²) in [6.07, 6.45) is 0.506. The van der Waals surface area contributed by atoms with Gasteiger partial charge in [0.05, 0.1) is 23.2 Å². The maximum Gasteiger partial charge on any atom is 0.256 e. The van der Waals surface area contributed by atoms with E-state index in [1.165, 1.54) is 0 Å². The molecular formula is C22H22ClN3O3S2. The Labute approximate surface area is 190 Å². The van der Waals surface area contributed by atoms with Crippen LogP contribution in [0.3, 0.4) is 0 Å². The minimum absolute atomic E-state index is 0.0526. The molecular weight excluding hydrogens is 454 g/mol. The van der Waals surface area contributed by atoms with Crippen molar-refractivity contribution in [3.63, 3.8) is 0 Å². The van der Waals surface area contributed by atoms with Crippen molar-refractivity contribution in [3.05, 3.63) is 76.4 Å². The summed E-state index contributed by atoms with van der Waals surface area (Å²) in [5.74, 6) is 1.26. The number of aromatic nitrogens is 2. The minimum Gasteiger partial charge on any atom is -0.307 e. The Morgan fingerprint density at radius 2 is 1.90 bits per heavy atom. The molecule has 1 atom stereocenters. The van der Waals surface area contributed by atoms with Crippen LogP contribution < -0.4 is 5.32 Å². The molecule has 31 heavy (non-hydrogen) atoms. The minimum atomic E-state index is -3.05. The normalized spacial score (nSPS) is 17.5. The molecule has 1 aliphatic heterocycles. The number of anilines is 1. The highest BCUT2D eigenvalue weighted by Crippen LogP contribution is 2.28. The van der Waals surface area contributed by atoms with Crippen LogP contribution in [0.5, 0.6) is 0 Å². The van der Waals surface area contributed by atoms with Crippen LogP contribution in [0.1, 0.15) is 34.1 Å². The van der Waals surface area contributed by atoms with E-state index < -0.39 is 9.84 Å². The molecule has 1 aromatic heterocycles. The second-order valence-corrected chi connectivity index (χ2v) is 11.3. The number of thioether (sulfide) groups is 1. The highest BCUT2D eigenvalue weighted by molar-refractivity contribution is 7.98. The SMILES string of the molecule is Cc1cc(NC(=O)c2ccc(CSc3ccc(Cl)cc3)cc2)n([C@@H]2CCS(=O)(=O)C2)n1. The Bertz CT molecular complexity index is 1190. The summed E-state index contributed by atoms with van der Waals surface area (Å²) in [7, 11) is -3.05. The molecule has 162 valence electrons. The van der Waals surface area contributed by atoms with Crippen molar-refractivity contribution in [1.29, 1.82) is 0 Å². The molecule has 3 aromatic rings. The molecule has 2 heterocycles. The Morgan fingerprint density at radius 3 is 2.55 bits per heavy atom. The molecule has 1 amide bonds. The summed E-state index contributed by atoms with van der Waals surface area (Å²) < 4.78 is 25.3. The summed E-state index contributed by atoms with van der Waals surface area (Å²) in [5.41, 5.74) is 2.37. The van der Waals surface area contributed by atoms with Gasteiger partial charge in [-0.3, -0.25) is 4.79 Å². The van der Waals surface area contributed by atoms with Crippen molar-refractivity contribution in [3.8, 4) is 0 Å². The molecule has 0 aliphatic carbocycles.